The minimum atomic E-state index is -0.222. The number of hydrogen-bond acceptors (Lipinski definition) is 5. The minimum Gasteiger partial charge on any atom is -0.368 e. The zero-order valence-electron chi connectivity index (χ0n) is 16.9. The van der Waals surface area contributed by atoms with Crippen molar-refractivity contribution in [1.29, 1.82) is 0 Å². The Morgan fingerprint density at radius 1 is 1.32 bits per heavy atom. The summed E-state index contributed by atoms with van der Waals surface area (Å²) in [5.74, 6) is 1.54. The molecule has 0 saturated carbocycles. The van der Waals surface area contributed by atoms with E-state index in [1.807, 2.05) is 13.8 Å². The largest absolute Gasteiger partial charge is 0.368 e. The lowest BCUT2D eigenvalue weighted by Gasteiger charge is -2.33. The summed E-state index contributed by atoms with van der Waals surface area (Å²) < 4.78 is 0. The average molecular weight is 348 g/mol. The molecule has 0 spiro atoms. The number of aromatic nitrogens is 2. The number of amides is 1. The van der Waals surface area contributed by atoms with Gasteiger partial charge in [0.1, 0.15) is 5.82 Å². The highest BCUT2D eigenvalue weighted by Crippen LogP contribution is 2.38. The standard InChI is InChI=1S/C19H33N5O/c1-11(2)19(7,8)23-16(25)14-9-18(5,6)24(10-14)15-12(3)13(4)21-17(20)22-15/h11,14H,9-10H2,1-8H3,(H,23,25)(H2,20,21,22)/t14-/m1/s1. The SMILES string of the molecule is Cc1nc(N)nc(N2C[C@H](C(=O)NC(C)(C)C(C)C)CC2(C)C)c1C. The van der Waals surface area contributed by atoms with Crippen LogP contribution in [0.3, 0.4) is 0 Å². The van der Waals surface area contributed by atoms with E-state index in [1.165, 1.54) is 0 Å². The molecular weight excluding hydrogens is 314 g/mol. The number of rotatable bonds is 4. The second-order valence-corrected chi connectivity index (χ2v) is 8.81. The van der Waals surface area contributed by atoms with Crippen molar-refractivity contribution in [2.75, 3.05) is 17.2 Å². The van der Waals surface area contributed by atoms with Gasteiger partial charge in [-0.15, -0.1) is 0 Å². The van der Waals surface area contributed by atoms with Crippen LogP contribution in [0, 0.1) is 25.7 Å². The van der Waals surface area contributed by atoms with Gasteiger partial charge in [-0.25, -0.2) is 4.98 Å². The van der Waals surface area contributed by atoms with Crippen molar-refractivity contribution in [3.05, 3.63) is 11.3 Å². The van der Waals surface area contributed by atoms with Crippen molar-refractivity contribution in [3.8, 4) is 0 Å². The summed E-state index contributed by atoms with van der Waals surface area (Å²) in [6.45, 7) is 17.3. The number of carbonyl (C=O) groups is 1. The molecule has 140 valence electrons. The zero-order valence-corrected chi connectivity index (χ0v) is 16.9. The molecule has 1 saturated heterocycles. The zero-order chi connectivity index (χ0) is 19.2. The van der Waals surface area contributed by atoms with E-state index >= 15 is 0 Å². The van der Waals surface area contributed by atoms with Crippen LogP contribution in [0.2, 0.25) is 0 Å². The molecule has 0 aromatic carbocycles. The lowest BCUT2D eigenvalue weighted by Crippen LogP contribution is -2.49. The Kier molecular flexibility index (Phi) is 5.04. The summed E-state index contributed by atoms with van der Waals surface area (Å²) in [6, 6.07) is 0. The van der Waals surface area contributed by atoms with Crippen LogP contribution in [0.25, 0.3) is 0 Å². The maximum Gasteiger partial charge on any atom is 0.225 e. The molecule has 0 aliphatic carbocycles. The minimum absolute atomic E-state index is 0.0658. The van der Waals surface area contributed by atoms with Gasteiger partial charge < -0.3 is 16.0 Å². The fraction of sp³-hybridized carbons (Fsp3) is 0.737. The van der Waals surface area contributed by atoms with Gasteiger partial charge >= 0.3 is 0 Å². The maximum absolute atomic E-state index is 12.9. The summed E-state index contributed by atoms with van der Waals surface area (Å²) >= 11 is 0. The van der Waals surface area contributed by atoms with Crippen molar-refractivity contribution in [2.24, 2.45) is 11.8 Å². The lowest BCUT2D eigenvalue weighted by molar-refractivity contribution is -0.126. The van der Waals surface area contributed by atoms with Crippen molar-refractivity contribution in [1.82, 2.24) is 15.3 Å². The summed E-state index contributed by atoms with van der Waals surface area (Å²) in [4.78, 5) is 23.8. The molecule has 1 atom stereocenters. The lowest BCUT2D eigenvalue weighted by atomic mass is 9.89. The highest BCUT2D eigenvalue weighted by atomic mass is 16.2. The normalized spacial score (nSPS) is 20.2. The van der Waals surface area contributed by atoms with Crippen molar-refractivity contribution >= 4 is 17.7 Å². The van der Waals surface area contributed by atoms with Crippen LogP contribution in [0.1, 0.15) is 59.2 Å². The third-order valence-electron chi connectivity index (χ3n) is 5.78. The summed E-state index contributed by atoms with van der Waals surface area (Å²) in [7, 11) is 0. The Balaban J connectivity index is 2.26. The molecule has 2 heterocycles. The fourth-order valence-electron chi connectivity index (χ4n) is 3.26. The number of nitrogens with two attached hydrogens (primary N) is 1. The molecule has 1 fully saturated rings. The van der Waals surface area contributed by atoms with Crippen LogP contribution < -0.4 is 16.0 Å². The first-order chi connectivity index (χ1) is 11.3. The third kappa shape index (κ3) is 3.88. The highest BCUT2D eigenvalue weighted by molar-refractivity contribution is 5.81. The first-order valence-electron chi connectivity index (χ1n) is 9.05. The Bertz CT molecular complexity index is 666. The molecule has 1 amide bonds. The molecule has 0 radical (unpaired) electrons. The van der Waals surface area contributed by atoms with E-state index in [0.717, 1.165) is 23.5 Å². The van der Waals surface area contributed by atoms with Crippen LogP contribution in [-0.4, -0.2) is 33.5 Å². The van der Waals surface area contributed by atoms with Gasteiger partial charge in [-0.3, -0.25) is 4.79 Å². The molecule has 25 heavy (non-hydrogen) atoms. The van der Waals surface area contributed by atoms with Crippen molar-refractivity contribution in [3.63, 3.8) is 0 Å². The predicted molar refractivity (Wildman–Crippen MR) is 103 cm³/mol. The van der Waals surface area contributed by atoms with Gasteiger partial charge in [0.15, 0.2) is 0 Å². The molecule has 1 aliphatic rings. The Hall–Kier alpha value is -1.85. The quantitative estimate of drug-likeness (QED) is 0.875. The van der Waals surface area contributed by atoms with Gasteiger partial charge in [-0.1, -0.05) is 13.8 Å². The second kappa shape index (κ2) is 6.46. The first kappa shape index (κ1) is 19.5. The second-order valence-electron chi connectivity index (χ2n) is 8.81. The van der Waals surface area contributed by atoms with E-state index in [2.05, 4.69) is 61.7 Å². The summed E-state index contributed by atoms with van der Waals surface area (Å²) in [6.07, 6.45) is 0.787. The van der Waals surface area contributed by atoms with E-state index in [4.69, 9.17) is 5.73 Å². The van der Waals surface area contributed by atoms with E-state index in [9.17, 15) is 4.79 Å². The summed E-state index contributed by atoms with van der Waals surface area (Å²) in [5.41, 5.74) is 7.38. The number of aryl methyl sites for hydroxylation is 1. The van der Waals surface area contributed by atoms with Crippen LogP contribution in [0.15, 0.2) is 0 Å². The summed E-state index contributed by atoms with van der Waals surface area (Å²) in [5, 5.41) is 3.22. The van der Waals surface area contributed by atoms with Crippen LogP contribution in [0.4, 0.5) is 11.8 Å². The Morgan fingerprint density at radius 2 is 1.92 bits per heavy atom. The smallest absolute Gasteiger partial charge is 0.225 e. The molecule has 6 heteroatoms. The number of carbonyl (C=O) groups excluding carboxylic acids is 1. The van der Waals surface area contributed by atoms with Crippen LogP contribution >= 0.6 is 0 Å². The molecule has 6 nitrogen and oxygen atoms in total. The van der Waals surface area contributed by atoms with Gasteiger partial charge in [0.05, 0.1) is 5.92 Å². The third-order valence-corrected chi connectivity index (χ3v) is 5.78. The van der Waals surface area contributed by atoms with Gasteiger partial charge in [0, 0.05) is 28.9 Å². The van der Waals surface area contributed by atoms with E-state index < -0.39 is 0 Å². The fourth-order valence-corrected chi connectivity index (χ4v) is 3.26. The number of nitrogens with one attached hydrogen (secondary N) is 1. The van der Waals surface area contributed by atoms with E-state index in [1.54, 1.807) is 0 Å². The van der Waals surface area contributed by atoms with Gasteiger partial charge in [-0.2, -0.15) is 4.98 Å². The van der Waals surface area contributed by atoms with Crippen LogP contribution in [0.5, 0.6) is 0 Å². The number of nitrogens with zero attached hydrogens (tertiary/aromatic N) is 3. The van der Waals surface area contributed by atoms with Gasteiger partial charge in [0.2, 0.25) is 11.9 Å². The van der Waals surface area contributed by atoms with E-state index in [0.29, 0.717) is 12.5 Å². The number of hydrogen-bond donors (Lipinski definition) is 2. The molecule has 0 unspecified atom stereocenters. The maximum atomic E-state index is 12.9. The van der Waals surface area contributed by atoms with Gasteiger partial charge in [-0.05, 0) is 53.9 Å². The molecule has 1 aromatic rings. The average Bonchev–Trinajstić information content (AvgIpc) is 2.78. The molecule has 0 bridgehead atoms. The topological polar surface area (TPSA) is 84.1 Å². The van der Waals surface area contributed by atoms with Crippen LogP contribution in [-0.2, 0) is 4.79 Å². The van der Waals surface area contributed by atoms with Crippen molar-refractivity contribution < 1.29 is 4.79 Å². The van der Waals surface area contributed by atoms with Gasteiger partial charge in [0.25, 0.3) is 0 Å². The molecule has 3 N–H and O–H groups in total. The molecular formula is C19H33N5O. The highest BCUT2D eigenvalue weighted by Gasteiger charge is 2.44. The predicted octanol–water partition coefficient (Wildman–Crippen LogP) is 2.83. The molecule has 2 rings (SSSR count). The monoisotopic (exact) mass is 347 g/mol. The number of nitrogen functional groups attached to an aromatic ring is 1. The van der Waals surface area contributed by atoms with E-state index in [-0.39, 0.29) is 28.9 Å². The molecule has 1 aromatic heterocycles. The van der Waals surface area contributed by atoms with Crippen molar-refractivity contribution in [2.45, 2.75) is 72.9 Å². The molecule has 1 aliphatic heterocycles. The number of anilines is 2. The Morgan fingerprint density at radius 3 is 2.48 bits per heavy atom. The Labute approximate surface area is 151 Å². The first-order valence-corrected chi connectivity index (χ1v) is 9.05.